The number of nitrogens with two attached hydrogens (primary N) is 1. The molecular weight excluding hydrogens is 253 g/mol. The lowest BCUT2D eigenvalue weighted by atomic mass is 9.30. The van der Waals surface area contributed by atoms with Crippen LogP contribution in [-0.2, 0) is 10.4 Å². The van der Waals surface area contributed by atoms with Gasteiger partial charge in [-0.1, -0.05) is 21.6 Å². The minimum atomic E-state index is -1.91. The van der Waals surface area contributed by atoms with Crippen molar-refractivity contribution in [1.82, 2.24) is 0 Å². The van der Waals surface area contributed by atoms with Crippen LogP contribution in [0.15, 0.2) is 0 Å². The topological polar surface area (TPSA) is 44.5 Å². The first-order chi connectivity index (χ1) is 9.44. The SMILES string of the molecule is [B]c1c2c(c([B])c3c1C([B])([B])C([B])(N)C3([B])[B])OC([B])O2. The van der Waals surface area contributed by atoms with Crippen molar-refractivity contribution in [2.24, 2.45) is 5.73 Å². The molecule has 3 rings (SSSR count). The summed E-state index contributed by atoms with van der Waals surface area (Å²) in [5.74, 6) is 0.208. The van der Waals surface area contributed by atoms with E-state index in [0.29, 0.717) is 0 Å². The molecule has 0 atom stereocenters. The Hall–Kier alpha value is -0.701. The van der Waals surface area contributed by atoms with Crippen molar-refractivity contribution in [3.05, 3.63) is 11.1 Å². The second-order valence-corrected chi connectivity index (χ2v) is 5.45. The van der Waals surface area contributed by atoms with E-state index in [1.54, 1.807) is 0 Å². The van der Waals surface area contributed by atoms with E-state index in [2.05, 4.69) is 0 Å². The number of benzene rings is 1. The molecule has 0 amide bonds. The van der Waals surface area contributed by atoms with Crippen LogP contribution in [0.4, 0.5) is 0 Å². The zero-order valence-electron chi connectivity index (χ0n) is 11.1. The van der Waals surface area contributed by atoms with Gasteiger partial charge in [-0.25, -0.2) is 0 Å². The summed E-state index contributed by atoms with van der Waals surface area (Å²) in [6.45, 7) is 0. The van der Waals surface area contributed by atoms with Gasteiger partial charge in [-0.05, 0) is 16.4 Å². The first kappa shape index (κ1) is 15.2. The fourth-order valence-corrected chi connectivity index (χ4v) is 2.85. The number of ether oxygens (including phenoxy) is 2. The van der Waals surface area contributed by atoms with Crippen LogP contribution in [0.1, 0.15) is 11.1 Å². The van der Waals surface area contributed by atoms with Crippen LogP contribution in [0.25, 0.3) is 0 Å². The van der Waals surface area contributed by atoms with E-state index in [0.717, 1.165) is 0 Å². The molecule has 0 unspecified atom stereocenters. The Balaban J connectivity index is 2.43. The Morgan fingerprint density at radius 2 is 1.14 bits per heavy atom. The van der Waals surface area contributed by atoms with Gasteiger partial charge in [-0.2, -0.15) is 0 Å². The van der Waals surface area contributed by atoms with Gasteiger partial charge in [0, 0.05) is 0 Å². The van der Waals surface area contributed by atoms with E-state index in [-0.39, 0.29) is 33.6 Å². The van der Waals surface area contributed by atoms with Crippen molar-refractivity contribution in [2.45, 2.75) is 22.1 Å². The second-order valence-electron chi connectivity index (χ2n) is 5.45. The van der Waals surface area contributed by atoms with E-state index in [1.165, 1.54) is 0 Å². The third-order valence-electron chi connectivity index (χ3n) is 4.15. The molecule has 0 bridgehead atoms. The molecule has 0 aromatic heterocycles. The molecule has 0 spiro atoms. The highest BCUT2D eigenvalue weighted by molar-refractivity contribution is 6.58. The summed E-state index contributed by atoms with van der Waals surface area (Å²) in [7, 11) is 47.8. The minimum absolute atomic E-state index is 0.0326. The fourth-order valence-electron chi connectivity index (χ4n) is 2.85. The van der Waals surface area contributed by atoms with Crippen molar-refractivity contribution in [2.75, 3.05) is 0 Å². The Labute approximate surface area is 134 Å². The molecule has 16 radical (unpaired) electrons. The van der Waals surface area contributed by atoms with Gasteiger partial charge in [-0.3, -0.25) is 0 Å². The molecule has 1 aliphatic heterocycles. The van der Waals surface area contributed by atoms with Crippen LogP contribution >= 0.6 is 0 Å². The molecule has 11 heteroatoms. The number of rotatable bonds is 0. The van der Waals surface area contributed by atoms with Crippen LogP contribution in [-0.4, -0.2) is 74.4 Å². The summed E-state index contributed by atoms with van der Waals surface area (Å²) in [4.78, 5) is 0. The molecule has 0 saturated carbocycles. The molecular formula is C10H3B8NO2. The summed E-state index contributed by atoms with van der Waals surface area (Å²) < 4.78 is 10.5. The third kappa shape index (κ3) is 1.54. The predicted molar refractivity (Wildman–Crippen MR) is 87.1 cm³/mol. The lowest BCUT2D eigenvalue weighted by molar-refractivity contribution is 0.129. The molecule has 2 aliphatic rings. The van der Waals surface area contributed by atoms with E-state index in [4.69, 9.17) is 78.0 Å². The van der Waals surface area contributed by atoms with E-state index in [1.807, 2.05) is 0 Å². The fraction of sp³-hybridized carbons (Fsp3) is 0.400. The van der Waals surface area contributed by atoms with Crippen LogP contribution in [0.3, 0.4) is 0 Å². The van der Waals surface area contributed by atoms with Crippen molar-refractivity contribution in [1.29, 1.82) is 0 Å². The van der Waals surface area contributed by atoms with Gasteiger partial charge in [0.2, 0.25) is 0 Å². The van der Waals surface area contributed by atoms with Crippen LogP contribution in [0.2, 0.25) is 0 Å². The Morgan fingerprint density at radius 1 is 0.810 bits per heavy atom. The second kappa shape index (κ2) is 3.98. The van der Waals surface area contributed by atoms with E-state index < -0.39 is 22.1 Å². The summed E-state index contributed by atoms with van der Waals surface area (Å²) in [6.07, 6.45) is -1.07. The van der Waals surface area contributed by atoms with E-state index in [9.17, 15) is 0 Å². The normalized spacial score (nSPS) is 23.9. The molecule has 1 heterocycles. The largest absolute Gasteiger partial charge is 0.462 e. The molecule has 1 aliphatic carbocycles. The minimum Gasteiger partial charge on any atom is -0.462 e. The molecule has 0 fully saturated rings. The maximum atomic E-state index is 6.05. The molecule has 84 valence electrons. The first-order valence-corrected chi connectivity index (χ1v) is 6.02. The summed E-state index contributed by atoms with van der Waals surface area (Å²) in [5.41, 5.74) is 4.35. The lowest BCUT2D eigenvalue weighted by Gasteiger charge is -2.47. The average molecular weight is 256 g/mol. The van der Waals surface area contributed by atoms with Crippen LogP contribution in [0, 0.1) is 0 Å². The van der Waals surface area contributed by atoms with Crippen molar-refractivity contribution in [3.8, 4) is 11.5 Å². The monoisotopic (exact) mass is 257 g/mol. The maximum absolute atomic E-state index is 6.05. The Bertz CT molecular complexity index is 606. The van der Waals surface area contributed by atoms with Crippen molar-refractivity contribution in [3.63, 3.8) is 0 Å². The Morgan fingerprint density at radius 3 is 1.48 bits per heavy atom. The molecule has 2 N–H and O–H groups in total. The molecule has 1 aromatic rings. The number of hydrogen-bond donors (Lipinski definition) is 1. The third-order valence-corrected chi connectivity index (χ3v) is 4.15. The quantitative estimate of drug-likeness (QED) is 0.474. The molecule has 1 aromatic carbocycles. The van der Waals surface area contributed by atoms with Gasteiger partial charge < -0.3 is 15.2 Å². The summed E-state index contributed by atoms with van der Waals surface area (Å²) >= 11 is 0. The van der Waals surface area contributed by atoms with Crippen LogP contribution < -0.4 is 26.1 Å². The average Bonchev–Trinajstić information content (AvgIpc) is 2.78. The number of hydrogen-bond acceptors (Lipinski definition) is 3. The van der Waals surface area contributed by atoms with Crippen molar-refractivity contribution < 1.29 is 9.47 Å². The Kier molecular flexibility index (Phi) is 2.88. The molecule has 3 nitrogen and oxygen atoms in total. The zero-order chi connectivity index (χ0) is 16.0. The van der Waals surface area contributed by atoms with E-state index >= 15 is 0 Å². The smallest absolute Gasteiger partial charge is 0.189 e. The van der Waals surface area contributed by atoms with Gasteiger partial charge >= 0.3 is 0 Å². The standard InChI is InChI=1S/C10H3B8NO2/c11-3-1-2(4(12)6-5(3)20-7(13)21-6)9(16,17)10(18,19)8(1,14)15/h7H,19H2. The first-order valence-electron chi connectivity index (χ1n) is 6.02. The molecule has 21 heavy (non-hydrogen) atoms. The lowest BCUT2D eigenvalue weighted by Crippen LogP contribution is -2.68. The van der Waals surface area contributed by atoms with Gasteiger partial charge in [0.1, 0.15) is 15.7 Å². The van der Waals surface area contributed by atoms with Gasteiger partial charge in [0.05, 0.1) is 39.2 Å². The highest BCUT2D eigenvalue weighted by Gasteiger charge is 2.57. The highest BCUT2D eigenvalue weighted by atomic mass is 16.7. The van der Waals surface area contributed by atoms with Gasteiger partial charge in [0.25, 0.3) is 0 Å². The van der Waals surface area contributed by atoms with Gasteiger partial charge in [-0.15, -0.1) is 0 Å². The highest BCUT2D eigenvalue weighted by Crippen LogP contribution is 2.49. The summed E-state index contributed by atoms with van der Waals surface area (Å²) in [6, 6.07) is 0. The molecule has 0 saturated heterocycles. The van der Waals surface area contributed by atoms with Gasteiger partial charge in [0.15, 0.2) is 25.5 Å². The summed E-state index contributed by atoms with van der Waals surface area (Å²) in [5, 5.41) is -3.68. The van der Waals surface area contributed by atoms with Crippen molar-refractivity contribution >= 4 is 73.7 Å². The maximum Gasteiger partial charge on any atom is 0.189 e. The van der Waals surface area contributed by atoms with Crippen LogP contribution in [0.5, 0.6) is 11.5 Å². The number of fused-ring (bicyclic) bond motifs is 2. The zero-order valence-corrected chi connectivity index (χ0v) is 11.1. The predicted octanol–water partition coefficient (Wildman–Crippen LogP) is -4.69.